The fourth-order valence-electron chi connectivity index (χ4n) is 2.28. The van der Waals surface area contributed by atoms with E-state index in [1.54, 1.807) is 11.3 Å². The van der Waals surface area contributed by atoms with Crippen LogP contribution >= 0.6 is 11.3 Å². The average Bonchev–Trinajstić information content (AvgIpc) is 2.77. The molecule has 1 heterocycles. The Balaban J connectivity index is 1.82. The van der Waals surface area contributed by atoms with Crippen LogP contribution < -0.4 is 10.5 Å². The third-order valence-electron chi connectivity index (χ3n) is 3.38. The van der Waals surface area contributed by atoms with Crippen molar-refractivity contribution in [3.05, 3.63) is 17.1 Å². The zero-order valence-electron chi connectivity index (χ0n) is 12.4. The van der Waals surface area contributed by atoms with Crippen LogP contribution in [-0.4, -0.2) is 11.6 Å². The number of aromatic nitrogens is 1. The van der Waals surface area contributed by atoms with Crippen LogP contribution in [0.5, 0.6) is 5.75 Å². The second kappa shape index (κ2) is 7.48. The first kappa shape index (κ1) is 15.1. The van der Waals surface area contributed by atoms with Gasteiger partial charge in [0.05, 0.1) is 27.5 Å². The summed E-state index contributed by atoms with van der Waals surface area (Å²) in [6.07, 6.45) is 7.60. The number of hydrogen-bond donors (Lipinski definition) is 1. The molecule has 2 rings (SSSR count). The maximum absolute atomic E-state index is 6.03. The first-order chi connectivity index (χ1) is 9.70. The van der Waals surface area contributed by atoms with Crippen molar-refractivity contribution in [2.75, 3.05) is 12.3 Å². The number of rotatable bonds is 8. The summed E-state index contributed by atoms with van der Waals surface area (Å²) in [6.45, 7) is 4.99. The summed E-state index contributed by atoms with van der Waals surface area (Å²) >= 11 is 1.67. The normalized spacial score (nSPS) is 11.1. The minimum absolute atomic E-state index is 0.715. The van der Waals surface area contributed by atoms with Gasteiger partial charge in [0.2, 0.25) is 0 Å². The number of anilines is 1. The molecular weight excluding hydrogens is 268 g/mol. The van der Waals surface area contributed by atoms with Crippen molar-refractivity contribution in [1.82, 2.24) is 4.98 Å². The summed E-state index contributed by atoms with van der Waals surface area (Å²) in [5.74, 6) is 0.774. The van der Waals surface area contributed by atoms with Crippen LogP contribution in [0.1, 0.15) is 50.5 Å². The van der Waals surface area contributed by atoms with E-state index in [-0.39, 0.29) is 0 Å². The van der Waals surface area contributed by atoms with E-state index >= 15 is 0 Å². The minimum atomic E-state index is 0.715. The van der Waals surface area contributed by atoms with Gasteiger partial charge in [0, 0.05) is 6.07 Å². The highest BCUT2D eigenvalue weighted by Gasteiger charge is 2.07. The average molecular weight is 292 g/mol. The smallest absolute Gasteiger partial charge is 0.144 e. The molecule has 1 aromatic heterocycles. The molecule has 0 saturated heterocycles. The molecule has 2 N–H and O–H groups in total. The van der Waals surface area contributed by atoms with E-state index in [9.17, 15) is 0 Å². The van der Waals surface area contributed by atoms with E-state index in [2.05, 4.69) is 11.9 Å². The number of benzene rings is 1. The minimum Gasteiger partial charge on any atom is -0.491 e. The van der Waals surface area contributed by atoms with Gasteiger partial charge in [-0.3, -0.25) is 0 Å². The van der Waals surface area contributed by atoms with E-state index in [1.165, 1.54) is 32.1 Å². The van der Waals surface area contributed by atoms with Crippen molar-refractivity contribution >= 4 is 27.2 Å². The number of aryl methyl sites for hydroxylation is 1. The topological polar surface area (TPSA) is 48.1 Å². The highest BCUT2D eigenvalue weighted by atomic mass is 32.1. The molecule has 0 aliphatic heterocycles. The molecule has 1 aromatic carbocycles. The van der Waals surface area contributed by atoms with Gasteiger partial charge in [0.1, 0.15) is 5.75 Å². The number of nitrogen functional groups attached to an aromatic ring is 1. The number of nitrogens with two attached hydrogens (primary N) is 1. The highest BCUT2D eigenvalue weighted by Crippen LogP contribution is 2.31. The Kier molecular flexibility index (Phi) is 5.65. The van der Waals surface area contributed by atoms with Crippen molar-refractivity contribution in [3.8, 4) is 5.75 Å². The monoisotopic (exact) mass is 292 g/mol. The van der Waals surface area contributed by atoms with Gasteiger partial charge in [-0.15, -0.1) is 11.3 Å². The van der Waals surface area contributed by atoms with Gasteiger partial charge in [-0.05, 0) is 19.4 Å². The van der Waals surface area contributed by atoms with Crippen molar-refractivity contribution in [2.45, 2.75) is 52.4 Å². The second-order valence-electron chi connectivity index (χ2n) is 5.21. The molecule has 0 radical (unpaired) electrons. The van der Waals surface area contributed by atoms with Gasteiger partial charge >= 0.3 is 0 Å². The molecule has 0 amide bonds. The Morgan fingerprint density at radius 2 is 1.90 bits per heavy atom. The molecule has 0 fully saturated rings. The number of hydrogen-bond acceptors (Lipinski definition) is 4. The predicted octanol–water partition coefficient (Wildman–Crippen LogP) is 4.93. The lowest BCUT2D eigenvalue weighted by atomic mass is 10.1. The number of fused-ring (bicyclic) bond motifs is 1. The maximum Gasteiger partial charge on any atom is 0.144 e. The van der Waals surface area contributed by atoms with Crippen LogP contribution in [0.4, 0.5) is 5.69 Å². The lowest BCUT2D eigenvalue weighted by Crippen LogP contribution is -2.00. The fraction of sp³-hybridized carbons (Fsp3) is 0.562. The Hall–Kier alpha value is -1.29. The first-order valence-electron chi connectivity index (χ1n) is 7.50. The van der Waals surface area contributed by atoms with Crippen LogP contribution in [0.3, 0.4) is 0 Å². The largest absolute Gasteiger partial charge is 0.491 e. The molecule has 20 heavy (non-hydrogen) atoms. The summed E-state index contributed by atoms with van der Waals surface area (Å²) in [5.41, 5.74) is 7.73. The van der Waals surface area contributed by atoms with Crippen LogP contribution in [0.2, 0.25) is 0 Å². The van der Waals surface area contributed by atoms with Crippen LogP contribution in [0.15, 0.2) is 12.1 Å². The van der Waals surface area contributed by atoms with Crippen molar-refractivity contribution in [3.63, 3.8) is 0 Å². The van der Waals surface area contributed by atoms with E-state index in [0.717, 1.165) is 34.0 Å². The maximum atomic E-state index is 6.03. The standard InChI is InChI=1S/C16H24N2OS/c1-3-4-5-6-7-8-9-19-15-11-14-16(10-13(15)17)20-12(2)18-14/h10-11H,3-9,17H2,1-2H3. The SMILES string of the molecule is CCCCCCCCOc1cc2nc(C)sc2cc1N. The first-order valence-corrected chi connectivity index (χ1v) is 8.32. The zero-order valence-corrected chi connectivity index (χ0v) is 13.3. The summed E-state index contributed by atoms with van der Waals surface area (Å²) in [7, 11) is 0. The quantitative estimate of drug-likeness (QED) is 0.554. The molecule has 0 aliphatic carbocycles. The number of nitrogens with zero attached hydrogens (tertiary/aromatic N) is 1. The highest BCUT2D eigenvalue weighted by molar-refractivity contribution is 7.18. The molecule has 2 aromatic rings. The van der Waals surface area contributed by atoms with Gasteiger partial charge in [-0.25, -0.2) is 4.98 Å². The predicted molar refractivity (Wildman–Crippen MR) is 87.6 cm³/mol. The number of thiazole rings is 1. The molecule has 0 atom stereocenters. The molecule has 0 saturated carbocycles. The third-order valence-corrected chi connectivity index (χ3v) is 4.32. The molecule has 110 valence electrons. The van der Waals surface area contributed by atoms with Gasteiger partial charge in [0.15, 0.2) is 0 Å². The summed E-state index contributed by atoms with van der Waals surface area (Å²) in [6, 6.07) is 3.93. The van der Waals surface area contributed by atoms with Gasteiger partial charge in [0.25, 0.3) is 0 Å². The van der Waals surface area contributed by atoms with Gasteiger partial charge in [-0.2, -0.15) is 0 Å². The Morgan fingerprint density at radius 1 is 1.15 bits per heavy atom. The van der Waals surface area contributed by atoms with Crippen molar-refractivity contribution in [2.24, 2.45) is 0 Å². The van der Waals surface area contributed by atoms with Crippen molar-refractivity contribution in [1.29, 1.82) is 0 Å². The number of ether oxygens (including phenoxy) is 1. The van der Waals surface area contributed by atoms with Crippen LogP contribution in [0, 0.1) is 6.92 Å². The van der Waals surface area contributed by atoms with Crippen LogP contribution in [-0.2, 0) is 0 Å². The van der Waals surface area contributed by atoms with Crippen molar-refractivity contribution < 1.29 is 4.74 Å². The molecular formula is C16H24N2OS. The number of unbranched alkanes of at least 4 members (excludes halogenated alkanes) is 5. The molecule has 0 unspecified atom stereocenters. The van der Waals surface area contributed by atoms with Gasteiger partial charge in [-0.1, -0.05) is 39.0 Å². The molecule has 0 aliphatic rings. The Bertz CT molecular complexity index is 551. The Morgan fingerprint density at radius 3 is 2.70 bits per heavy atom. The lowest BCUT2D eigenvalue weighted by Gasteiger charge is -2.08. The van der Waals surface area contributed by atoms with E-state index in [0.29, 0.717) is 5.69 Å². The Labute approximate surface area is 125 Å². The van der Waals surface area contributed by atoms with E-state index in [4.69, 9.17) is 10.5 Å². The molecule has 4 heteroatoms. The summed E-state index contributed by atoms with van der Waals surface area (Å²) in [4.78, 5) is 4.48. The lowest BCUT2D eigenvalue weighted by molar-refractivity contribution is 0.306. The second-order valence-corrected chi connectivity index (χ2v) is 6.44. The molecule has 0 bridgehead atoms. The van der Waals surface area contributed by atoms with Crippen LogP contribution in [0.25, 0.3) is 10.2 Å². The van der Waals surface area contributed by atoms with E-state index in [1.807, 2.05) is 19.1 Å². The summed E-state index contributed by atoms with van der Waals surface area (Å²) in [5, 5.41) is 1.06. The zero-order chi connectivity index (χ0) is 14.4. The molecule has 3 nitrogen and oxygen atoms in total. The fourth-order valence-corrected chi connectivity index (χ4v) is 3.13. The summed E-state index contributed by atoms with van der Waals surface area (Å²) < 4.78 is 6.93. The molecule has 0 spiro atoms. The van der Waals surface area contributed by atoms with E-state index < -0.39 is 0 Å². The van der Waals surface area contributed by atoms with Gasteiger partial charge < -0.3 is 10.5 Å². The third kappa shape index (κ3) is 4.10.